The summed E-state index contributed by atoms with van der Waals surface area (Å²) < 4.78 is 31.9. The van der Waals surface area contributed by atoms with Gasteiger partial charge in [0.15, 0.2) is 6.61 Å². The smallest absolute Gasteiger partial charge is 0.317 e. The summed E-state index contributed by atoms with van der Waals surface area (Å²) in [4.78, 5) is 36.5. The van der Waals surface area contributed by atoms with Crippen molar-refractivity contribution in [3.05, 3.63) is 71.3 Å². The Kier molecular flexibility index (Phi) is 6.21. The molecule has 1 aliphatic rings. The monoisotopic (exact) mass is 402 g/mol. The Morgan fingerprint density at radius 2 is 1.59 bits per heavy atom. The zero-order valence-corrected chi connectivity index (χ0v) is 15.5. The average Bonchev–Trinajstić information content (AvgIpc) is 3.22. The SMILES string of the molecule is O=C(COC(=O)C1(c2ccc(F)cc2)CCCC1)NNC(=O)c1ccccc1F. The Morgan fingerprint density at radius 3 is 2.24 bits per heavy atom. The van der Waals surface area contributed by atoms with Crippen molar-refractivity contribution in [3.8, 4) is 0 Å². The van der Waals surface area contributed by atoms with E-state index in [1.165, 1.54) is 30.3 Å². The van der Waals surface area contributed by atoms with Gasteiger partial charge in [0, 0.05) is 0 Å². The molecule has 29 heavy (non-hydrogen) atoms. The van der Waals surface area contributed by atoms with Crippen molar-refractivity contribution in [3.63, 3.8) is 0 Å². The molecule has 8 heteroatoms. The number of ether oxygens (including phenoxy) is 1. The number of halogens is 2. The zero-order valence-electron chi connectivity index (χ0n) is 15.5. The predicted octanol–water partition coefficient (Wildman–Crippen LogP) is 2.78. The number of esters is 1. The minimum atomic E-state index is -0.912. The van der Waals surface area contributed by atoms with Crippen molar-refractivity contribution >= 4 is 17.8 Å². The van der Waals surface area contributed by atoms with Gasteiger partial charge in [-0.1, -0.05) is 37.1 Å². The minimum absolute atomic E-state index is 0.231. The second-order valence-electron chi connectivity index (χ2n) is 6.85. The number of nitrogens with one attached hydrogen (secondary N) is 2. The highest BCUT2D eigenvalue weighted by molar-refractivity contribution is 5.96. The van der Waals surface area contributed by atoms with Gasteiger partial charge >= 0.3 is 5.97 Å². The molecule has 3 rings (SSSR count). The lowest BCUT2D eigenvalue weighted by molar-refractivity contribution is -0.154. The number of hydrazine groups is 1. The molecule has 2 amide bonds. The number of carbonyl (C=O) groups is 3. The van der Waals surface area contributed by atoms with Gasteiger partial charge in [-0.05, 0) is 42.7 Å². The van der Waals surface area contributed by atoms with Crippen LogP contribution in [0.2, 0.25) is 0 Å². The number of hydrogen-bond acceptors (Lipinski definition) is 4. The van der Waals surface area contributed by atoms with E-state index in [1.54, 1.807) is 12.1 Å². The van der Waals surface area contributed by atoms with E-state index in [0.29, 0.717) is 18.4 Å². The number of carbonyl (C=O) groups excluding carboxylic acids is 3. The fraction of sp³-hybridized carbons (Fsp3) is 0.286. The third-order valence-electron chi connectivity index (χ3n) is 5.01. The van der Waals surface area contributed by atoms with Crippen molar-refractivity contribution in [2.45, 2.75) is 31.1 Å². The standard InChI is InChI=1S/C21H20F2N2O4/c22-15-9-7-14(8-10-15)21(11-3-4-12-21)20(28)29-13-18(26)24-25-19(27)16-5-1-2-6-17(16)23/h1-2,5-10H,3-4,11-13H2,(H,24,26)(H,25,27). The molecule has 2 N–H and O–H groups in total. The van der Waals surface area contributed by atoms with Gasteiger partial charge in [-0.2, -0.15) is 0 Å². The van der Waals surface area contributed by atoms with E-state index in [9.17, 15) is 23.2 Å². The lowest BCUT2D eigenvalue weighted by atomic mass is 9.79. The molecule has 1 fully saturated rings. The van der Waals surface area contributed by atoms with Gasteiger partial charge in [-0.25, -0.2) is 8.78 Å². The molecule has 1 saturated carbocycles. The molecule has 2 aromatic carbocycles. The molecular formula is C21H20F2N2O4. The van der Waals surface area contributed by atoms with Gasteiger partial charge in [0.05, 0.1) is 11.0 Å². The second-order valence-corrected chi connectivity index (χ2v) is 6.85. The molecule has 0 unspecified atom stereocenters. The predicted molar refractivity (Wildman–Crippen MR) is 99.5 cm³/mol. The van der Waals surface area contributed by atoms with Gasteiger partial charge in [0.25, 0.3) is 11.8 Å². The van der Waals surface area contributed by atoms with Crippen molar-refractivity contribution in [2.75, 3.05) is 6.61 Å². The maximum absolute atomic E-state index is 13.6. The molecule has 2 aromatic rings. The van der Waals surface area contributed by atoms with E-state index in [4.69, 9.17) is 4.74 Å². The van der Waals surface area contributed by atoms with Crippen molar-refractivity contribution in [2.24, 2.45) is 0 Å². The number of rotatable bonds is 5. The van der Waals surface area contributed by atoms with Crippen LogP contribution in [0.15, 0.2) is 48.5 Å². The summed E-state index contributed by atoms with van der Waals surface area (Å²) in [6, 6.07) is 11.0. The lowest BCUT2D eigenvalue weighted by Gasteiger charge is -2.27. The van der Waals surface area contributed by atoms with E-state index in [1.807, 2.05) is 0 Å². The summed E-state index contributed by atoms with van der Waals surface area (Å²) in [7, 11) is 0. The van der Waals surface area contributed by atoms with E-state index in [0.717, 1.165) is 18.9 Å². The molecule has 0 atom stereocenters. The largest absolute Gasteiger partial charge is 0.455 e. The van der Waals surface area contributed by atoms with Crippen LogP contribution in [0.1, 0.15) is 41.6 Å². The van der Waals surface area contributed by atoms with Crippen LogP contribution in [-0.2, 0) is 19.7 Å². The first-order valence-corrected chi connectivity index (χ1v) is 9.19. The van der Waals surface area contributed by atoms with Crippen LogP contribution in [-0.4, -0.2) is 24.4 Å². The Balaban J connectivity index is 1.56. The highest BCUT2D eigenvalue weighted by Gasteiger charge is 2.44. The Morgan fingerprint density at radius 1 is 0.931 bits per heavy atom. The fourth-order valence-electron chi connectivity index (χ4n) is 3.50. The Hall–Kier alpha value is -3.29. The molecule has 6 nitrogen and oxygen atoms in total. The molecule has 0 heterocycles. The Bertz CT molecular complexity index is 909. The molecule has 0 spiro atoms. The first-order chi connectivity index (χ1) is 13.9. The molecular weight excluding hydrogens is 382 g/mol. The minimum Gasteiger partial charge on any atom is -0.455 e. The number of hydrogen-bond donors (Lipinski definition) is 2. The summed E-state index contributed by atoms with van der Waals surface area (Å²) in [5.41, 5.74) is 3.66. The first-order valence-electron chi connectivity index (χ1n) is 9.19. The van der Waals surface area contributed by atoms with Gasteiger partial charge < -0.3 is 4.74 Å². The van der Waals surface area contributed by atoms with Gasteiger partial charge in [0.2, 0.25) is 0 Å². The maximum atomic E-state index is 13.6. The lowest BCUT2D eigenvalue weighted by Crippen LogP contribution is -2.45. The number of amides is 2. The van der Waals surface area contributed by atoms with Crippen LogP contribution in [0.25, 0.3) is 0 Å². The molecule has 152 valence electrons. The fourth-order valence-corrected chi connectivity index (χ4v) is 3.50. The van der Waals surface area contributed by atoms with Crippen LogP contribution >= 0.6 is 0 Å². The maximum Gasteiger partial charge on any atom is 0.317 e. The molecule has 0 radical (unpaired) electrons. The molecule has 0 saturated heterocycles. The van der Waals surface area contributed by atoms with Crippen molar-refractivity contribution < 1.29 is 27.9 Å². The first kappa shape index (κ1) is 20.4. The molecule has 1 aliphatic carbocycles. The third kappa shape index (κ3) is 4.59. The van der Waals surface area contributed by atoms with Gasteiger partial charge in [-0.15, -0.1) is 0 Å². The van der Waals surface area contributed by atoms with E-state index >= 15 is 0 Å². The van der Waals surface area contributed by atoms with E-state index in [2.05, 4.69) is 10.9 Å². The second kappa shape index (κ2) is 8.81. The summed E-state index contributed by atoms with van der Waals surface area (Å²) in [6.07, 6.45) is 2.72. The normalized spacial score (nSPS) is 14.8. The summed E-state index contributed by atoms with van der Waals surface area (Å²) in [6.45, 7) is -0.612. The van der Waals surface area contributed by atoms with Crippen molar-refractivity contribution in [1.29, 1.82) is 0 Å². The van der Waals surface area contributed by atoms with Crippen LogP contribution in [0.4, 0.5) is 8.78 Å². The topological polar surface area (TPSA) is 84.5 Å². The summed E-state index contributed by atoms with van der Waals surface area (Å²) >= 11 is 0. The zero-order chi connectivity index (χ0) is 20.9. The van der Waals surface area contributed by atoms with E-state index in [-0.39, 0.29) is 5.56 Å². The molecule has 0 aromatic heterocycles. The van der Waals surface area contributed by atoms with Crippen LogP contribution in [0.5, 0.6) is 0 Å². The third-order valence-corrected chi connectivity index (χ3v) is 5.01. The highest BCUT2D eigenvalue weighted by atomic mass is 19.1. The number of benzene rings is 2. The average molecular weight is 402 g/mol. The Labute approximate surface area is 166 Å². The molecule has 0 aliphatic heterocycles. The van der Waals surface area contributed by atoms with Gasteiger partial charge in [-0.3, -0.25) is 25.2 Å². The van der Waals surface area contributed by atoms with Crippen LogP contribution in [0.3, 0.4) is 0 Å². The van der Waals surface area contributed by atoms with Crippen LogP contribution in [0, 0.1) is 11.6 Å². The highest BCUT2D eigenvalue weighted by Crippen LogP contribution is 2.42. The summed E-state index contributed by atoms with van der Waals surface area (Å²) in [5.74, 6) is -3.30. The summed E-state index contributed by atoms with van der Waals surface area (Å²) in [5, 5.41) is 0. The van der Waals surface area contributed by atoms with Gasteiger partial charge in [0.1, 0.15) is 11.6 Å². The van der Waals surface area contributed by atoms with E-state index < -0.39 is 41.4 Å². The van der Waals surface area contributed by atoms with Crippen molar-refractivity contribution in [1.82, 2.24) is 10.9 Å². The molecule has 0 bridgehead atoms. The van der Waals surface area contributed by atoms with Crippen LogP contribution < -0.4 is 10.9 Å². The quantitative estimate of drug-likeness (QED) is 0.595.